The van der Waals surface area contributed by atoms with Gasteiger partial charge in [0.2, 0.25) is 0 Å². The minimum Gasteiger partial charge on any atom is -0.489 e. The lowest BCUT2D eigenvalue weighted by atomic mass is 10.1. The van der Waals surface area contributed by atoms with Gasteiger partial charge in [-0.05, 0) is 64.3 Å². The molecule has 1 saturated heterocycles. The van der Waals surface area contributed by atoms with Crippen LogP contribution in [0.25, 0.3) is 11.1 Å². The number of pyridine rings is 1. The minimum atomic E-state index is -0.513. The van der Waals surface area contributed by atoms with E-state index in [2.05, 4.69) is 15.4 Å². The van der Waals surface area contributed by atoms with Crippen molar-refractivity contribution in [2.45, 2.75) is 58.6 Å². The minimum absolute atomic E-state index is 0.00854. The van der Waals surface area contributed by atoms with Crippen molar-refractivity contribution in [3.05, 3.63) is 58.2 Å². The molecule has 0 spiro atoms. The van der Waals surface area contributed by atoms with Crippen molar-refractivity contribution in [2.75, 3.05) is 31.6 Å². The summed E-state index contributed by atoms with van der Waals surface area (Å²) in [5.74, 6) is 0.664. The average molecular weight is 579 g/mol. The quantitative estimate of drug-likeness (QED) is 0.290. The third-order valence-electron chi connectivity index (χ3n) is 6.37. The Morgan fingerprint density at radius 1 is 1.18 bits per heavy atom. The third-order valence-corrected chi connectivity index (χ3v) is 7.13. The number of nitrogens with one attached hydrogen (secondary N) is 1. The Balaban J connectivity index is 1.42. The lowest BCUT2D eigenvalue weighted by molar-refractivity contribution is 0.0185. The Bertz CT molecular complexity index is 1300. The number of rotatable bonds is 8. The number of hydrogen-bond donors (Lipinski definition) is 1. The van der Waals surface area contributed by atoms with E-state index in [0.29, 0.717) is 48.2 Å². The molecule has 1 amide bonds. The molecule has 4 rings (SSSR count). The number of likely N-dealkylation sites (tertiary alicyclic amines) is 1. The summed E-state index contributed by atoms with van der Waals surface area (Å²) in [6.45, 7) is 9.73. The van der Waals surface area contributed by atoms with E-state index < -0.39 is 11.4 Å². The molecule has 3 heterocycles. The van der Waals surface area contributed by atoms with Gasteiger partial charge in [-0.1, -0.05) is 23.2 Å². The number of anilines is 1. The van der Waals surface area contributed by atoms with E-state index in [9.17, 15) is 9.18 Å². The molecule has 0 aliphatic carbocycles. The molecule has 1 N–H and O–H groups in total. The van der Waals surface area contributed by atoms with Gasteiger partial charge in [0.15, 0.2) is 11.6 Å². The summed E-state index contributed by atoms with van der Waals surface area (Å²) in [7, 11) is 0. The first-order chi connectivity index (χ1) is 18.6. The molecule has 8 nitrogen and oxygen atoms in total. The van der Waals surface area contributed by atoms with Gasteiger partial charge in [-0.3, -0.25) is 4.68 Å². The molecule has 1 fully saturated rings. The highest BCUT2D eigenvalue weighted by Gasteiger charge is 2.28. The molecule has 0 unspecified atom stereocenters. The number of benzene rings is 1. The monoisotopic (exact) mass is 577 g/mol. The maximum atomic E-state index is 13.9. The first-order valence-corrected chi connectivity index (χ1v) is 13.8. The zero-order chi connectivity index (χ0) is 28.2. The van der Waals surface area contributed by atoms with Crippen LogP contribution in [0.3, 0.4) is 0 Å². The van der Waals surface area contributed by atoms with Crippen LogP contribution >= 0.6 is 23.2 Å². The molecule has 2 aromatic heterocycles. The lowest BCUT2D eigenvalue weighted by Gasteiger charge is -2.33. The molecule has 11 heteroatoms. The third kappa shape index (κ3) is 7.33. The number of amides is 1. The molecule has 1 aromatic carbocycles. The average Bonchev–Trinajstić information content (AvgIpc) is 3.39. The van der Waals surface area contributed by atoms with Crippen LogP contribution in [0.15, 0.2) is 36.8 Å². The van der Waals surface area contributed by atoms with Crippen LogP contribution in [0.1, 0.15) is 52.1 Å². The maximum Gasteiger partial charge on any atom is 0.410 e. The zero-order valence-corrected chi connectivity index (χ0v) is 24.2. The van der Waals surface area contributed by atoms with Crippen LogP contribution in [-0.2, 0) is 11.2 Å². The second-order valence-corrected chi connectivity index (χ2v) is 11.2. The maximum absolute atomic E-state index is 13.9. The molecule has 0 atom stereocenters. The topological polar surface area (TPSA) is 81.5 Å². The highest BCUT2D eigenvalue weighted by Crippen LogP contribution is 2.32. The fourth-order valence-corrected chi connectivity index (χ4v) is 4.96. The highest BCUT2D eigenvalue weighted by molar-refractivity contribution is 6.36. The Morgan fingerprint density at radius 2 is 1.92 bits per heavy atom. The molecular formula is C28H34Cl2FN5O3. The van der Waals surface area contributed by atoms with Gasteiger partial charge in [-0.15, -0.1) is 0 Å². The number of halogens is 3. The number of aromatic nitrogens is 3. The smallest absolute Gasteiger partial charge is 0.410 e. The van der Waals surface area contributed by atoms with E-state index in [0.717, 1.165) is 24.0 Å². The van der Waals surface area contributed by atoms with E-state index >= 15 is 0 Å². The van der Waals surface area contributed by atoms with Crippen molar-refractivity contribution >= 4 is 35.1 Å². The number of carbonyl (C=O) groups excluding carboxylic acids is 1. The Morgan fingerprint density at radius 3 is 2.62 bits per heavy atom. The molecule has 0 radical (unpaired) electrons. The normalized spacial score (nSPS) is 14.4. The highest BCUT2D eigenvalue weighted by atomic mass is 35.5. The molecule has 39 heavy (non-hydrogen) atoms. The van der Waals surface area contributed by atoms with Crippen LogP contribution < -0.4 is 10.1 Å². The van der Waals surface area contributed by atoms with E-state index in [4.69, 9.17) is 32.7 Å². The number of nitrogens with zero attached hydrogens (tertiary/aromatic N) is 4. The van der Waals surface area contributed by atoms with Crippen molar-refractivity contribution in [3.8, 4) is 16.9 Å². The molecule has 1 aliphatic rings. The van der Waals surface area contributed by atoms with E-state index in [-0.39, 0.29) is 23.8 Å². The van der Waals surface area contributed by atoms with Gasteiger partial charge in [0, 0.05) is 54.6 Å². The zero-order valence-electron chi connectivity index (χ0n) is 22.6. The molecule has 3 aromatic rings. The van der Waals surface area contributed by atoms with Crippen LogP contribution in [-0.4, -0.2) is 57.6 Å². The van der Waals surface area contributed by atoms with Crippen molar-refractivity contribution in [1.82, 2.24) is 19.7 Å². The second-order valence-electron chi connectivity index (χ2n) is 10.4. The van der Waals surface area contributed by atoms with E-state index in [1.165, 1.54) is 12.1 Å². The Kier molecular flexibility index (Phi) is 9.23. The number of hydrogen-bond acceptors (Lipinski definition) is 6. The number of piperidine rings is 1. The van der Waals surface area contributed by atoms with E-state index in [1.807, 2.05) is 44.6 Å². The molecule has 210 valence electrons. The number of ether oxygens (including phenoxy) is 2. The van der Waals surface area contributed by atoms with Crippen LogP contribution in [0.5, 0.6) is 5.75 Å². The Labute approximate surface area is 238 Å². The van der Waals surface area contributed by atoms with Crippen LogP contribution in [0.2, 0.25) is 10.0 Å². The largest absolute Gasteiger partial charge is 0.489 e. The molecule has 0 bridgehead atoms. The summed E-state index contributed by atoms with van der Waals surface area (Å²) in [5.41, 5.74) is 1.75. The van der Waals surface area contributed by atoms with Gasteiger partial charge in [-0.2, -0.15) is 5.10 Å². The first kappa shape index (κ1) is 29.0. The van der Waals surface area contributed by atoms with E-state index in [1.54, 1.807) is 17.3 Å². The van der Waals surface area contributed by atoms with Crippen molar-refractivity contribution < 1.29 is 18.7 Å². The summed E-state index contributed by atoms with van der Waals surface area (Å²) < 4.78 is 27.4. The fourth-order valence-electron chi connectivity index (χ4n) is 4.40. The van der Waals surface area contributed by atoms with Crippen LogP contribution in [0, 0.1) is 5.82 Å². The summed E-state index contributed by atoms with van der Waals surface area (Å²) in [5, 5.41) is 8.21. The molecule has 0 saturated carbocycles. The summed E-state index contributed by atoms with van der Waals surface area (Å²) >= 11 is 12.3. The van der Waals surface area contributed by atoms with Crippen LogP contribution in [0.4, 0.5) is 15.0 Å². The fraction of sp³-hybridized carbons (Fsp3) is 0.464. The molecule has 1 aliphatic heterocycles. The summed E-state index contributed by atoms with van der Waals surface area (Å²) in [6.07, 6.45) is 7.22. The van der Waals surface area contributed by atoms with Gasteiger partial charge in [0.1, 0.15) is 11.4 Å². The molecular weight excluding hydrogens is 544 g/mol. The van der Waals surface area contributed by atoms with Gasteiger partial charge in [0.25, 0.3) is 0 Å². The van der Waals surface area contributed by atoms with Gasteiger partial charge >= 0.3 is 6.09 Å². The van der Waals surface area contributed by atoms with Crippen molar-refractivity contribution in [3.63, 3.8) is 0 Å². The number of carbonyl (C=O) groups is 1. The van der Waals surface area contributed by atoms with Gasteiger partial charge in [0.05, 0.1) is 23.9 Å². The summed E-state index contributed by atoms with van der Waals surface area (Å²) in [6, 6.07) is 4.83. The SMILES string of the molecule is CCNc1ncc(-c2cnn(C3CCN(C(=O)OC(C)(C)C)CC3)c2)cc1OCCc1c(Cl)ccc(F)c1Cl. The predicted octanol–water partition coefficient (Wildman–Crippen LogP) is 7.02. The predicted molar refractivity (Wildman–Crippen MR) is 151 cm³/mol. The first-order valence-electron chi connectivity index (χ1n) is 13.1. The Hall–Kier alpha value is -3.04. The van der Waals surface area contributed by atoms with Gasteiger partial charge < -0.3 is 19.7 Å². The second kappa shape index (κ2) is 12.4. The van der Waals surface area contributed by atoms with Crippen molar-refractivity contribution in [1.29, 1.82) is 0 Å². The lowest BCUT2D eigenvalue weighted by Crippen LogP contribution is -2.42. The standard InChI is InChI=1S/C28H34Cl2FN5O3/c1-5-32-26-24(38-13-10-21-22(29)6-7-23(31)25(21)30)14-18(15-33-26)19-16-34-36(17-19)20-8-11-35(12-9-20)27(37)39-28(2,3)4/h6-7,14-17,20H,5,8-13H2,1-4H3,(H,32,33). The van der Waals surface area contributed by atoms with Crippen molar-refractivity contribution in [2.24, 2.45) is 0 Å². The summed E-state index contributed by atoms with van der Waals surface area (Å²) in [4.78, 5) is 18.7. The van der Waals surface area contributed by atoms with Gasteiger partial charge in [-0.25, -0.2) is 14.2 Å².